The Hall–Kier alpha value is -1.84. The molecule has 0 aliphatic rings. The van der Waals surface area contributed by atoms with Gasteiger partial charge in [-0.3, -0.25) is 9.59 Å². The first-order valence-electron chi connectivity index (χ1n) is 12.5. The van der Waals surface area contributed by atoms with Crippen LogP contribution in [0.3, 0.4) is 0 Å². The Morgan fingerprint density at radius 1 is 0.645 bits per heavy atom. The second kappa shape index (κ2) is 16.8. The van der Waals surface area contributed by atoms with Gasteiger partial charge < -0.3 is 10.2 Å². The van der Waals surface area contributed by atoms with Crippen molar-refractivity contribution < 1.29 is 19.8 Å². The molecule has 0 unspecified atom stereocenters. The van der Waals surface area contributed by atoms with Crippen molar-refractivity contribution in [2.45, 2.75) is 122 Å². The van der Waals surface area contributed by atoms with Crippen LogP contribution in [-0.2, 0) is 22.4 Å². The van der Waals surface area contributed by atoms with Gasteiger partial charge in [-0.25, -0.2) is 0 Å². The average Bonchev–Trinajstić information content (AvgIpc) is 2.71. The summed E-state index contributed by atoms with van der Waals surface area (Å²) in [5.41, 5.74) is 4.43. The molecule has 0 radical (unpaired) electrons. The molecule has 176 valence electrons. The first kappa shape index (κ1) is 27.2. The van der Waals surface area contributed by atoms with Crippen molar-refractivity contribution in [1.29, 1.82) is 0 Å². The fraction of sp³-hybridized carbons (Fsp3) is 0.704. The highest BCUT2D eigenvalue weighted by Gasteiger charge is 2.07. The Bertz CT molecular complexity index is 636. The molecule has 0 saturated heterocycles. The summed E-state index contributed by atoms with van der Waals surface area (Å²) in [6, 6.07) is 7.04. The van der Waals surface area contributed by atoms with Crippen LogP contribution >= 0.6 is 0 Å². The zero-order valence-electron chi connectivity index (χ0n) is 19.8. The van der Waals surface area contributed by atoms with E-state index in [1.807, 2.05) is 0 Å². The molecular formula is C27H44O4. The van der Waals surface area contributed by atoms with Crippen LogP contribution in [0, 0.1) is 0 Å². The van der Waals surface area contributed by atoms with Gasteiger partial charge in [0, 0.05) is 12.8 Å². The van der Waals surface area contributed by atoms with Crippen molar-refractivity contribution >= 4 is 11.9 Å². The number of unbranched alkanes of at least 4 members (excludes halogenated alkanes) is 10. The summed E-state index contributed by atoms with van der Waals surface area (Å²) in [5.74, 6) is -0.820. The summed E-state index contributed by atoms with van der Waals surface area (Å²) >= 11 is 0. The van der Waals surface area contributed by atoms with Gasteiger partial charge in [-0.1, -0.05) is 83.4 Å². The fourth-order valence-corrected chi connectivity index (χ4v) is 4.08. The van der Waals surface area contributed by atoms with Crippen LogP contribution < -0.4 is 0 Å². The number of carboxylic acids is 2. The van der Waals surface area contributed by atoms with E-state index in [9.17, 15) is 9.59 Å². The number of aliphatic carboxylic acids is 2. The maximum absolute atomic E-state index is 10.6. The van der Waals surface area contributed by atoms with E-state index >= 15 is 0 Å². The predicted octanol–water partition coefficient (Wildman–Crippen LogP) is 7.53. The average molecular weight is 433 g/mol. The first-order chi connectivity index (χ1) is 14.9. The van der Waals surface area contributed by atoms with Crippen molar-refractivity contribution in [3.05, 3.63) is 34.9 Å². The summed E-state index contributed by atoms with van der Waals surface area (Å²) < 4.78 is 0. The molecule has 0 aliphatic carbocycles. The zero-order valence-corrected chi connectivity index (χ0v) is 19.8. The van der Waals surface area contributed by atoms with E-state index in [4.69, 9.17) is 10.2 Å². The standard InChI is InChI=1S/C27H44O4/c1-22(2)24-20-19-23(15-11-7-3-5-9-13-17-26(28)29)25(21-24)16-12-8-4-6-10-14-18-27(30)31/h19-22H,3-18H2,1-2H3,(H,28,29)(H,30,31). The second-order valence-electron chi connectivity index (χ2n) is 9.21. The van der Waals surface area contributed by atoms with Crippen LogP contribution in [0.5, 0.6) is 0 Å². The van der Waals surface area contributed by atoms with E-state index in [0.29, 0.717) is 18.8 Å². The predicted molar refractivity (Wildman–Crippen MR) is 128 cm³/mol. The molecule has 0 amide bonds. The third-order valence-corrected chi connectivity index (χ3v) is 6.07. The van der Waals surface area contributed by atoms with E-state index in [-0.39, 0.29) is 0 Å². The Morgan fingerprint density at radius 3 is 1.52 bits per heavy atom. The Morgan fingerprint density at radius 2 is 1.06 bits per heavy atom. The minimum Gasteiger partial charge on any atom is -0.481 e. The monoisotopic (exact) mass is 432 g/mol. The molecular weight excluding hydrogens is 388 g/mol. The number of carbonyl (C=O) groups is 2. The lowest BCUT2D eigenvalue weighted by Gasteiger charge is -2.14. The maximum atomic E-state index is 10.6. The third kappa shape index (κ3) is 14.0. The summed E-state index contributed by atoms with van der Waals surface area (Å²) in [5, 5.41) is 17.4. The molecule has 0 heterocycles. The Balaban J connectivity index is 2.34. The maximum Gasteiger partial charge on any atom is 0.303 e. The van der Waals surface area contributed by atoms with Gasteiger partial charge in [0.1, 0.15) is 0 Å². The largest absolute Gasteiger partial charge is 0.481 e. The van der Waals surface area contributed by atoms with Gasteiger partial charge in [-0.15, -0.1) is 0 Å². The fourth-order valence-electron chi connectivity index (χ4n) is 4.08. The van der Waals surface area contributed by atoms with E-state index in [0.717, 1.165) is 51.4 Å². The van der Waals surface area contributed by atoms with Crippen molar-refractivity contribution in [1.82, 2.24) is 0 Å². The van der Waals surface area contributed by atoms with Gasteiger partial charge >= 0.3 is 11.9 Å². The lowest BCUT2D eigenvalue weighted by atomic mass is 9.91. The van der Waals surface area contributed by atoms with Gasteiger partial charge in [0.15, 0.2) is 0 Å². The molecule has 0 spiro atoms. The van der Waals surface area contributed by atoms with Gasteiger partial charge in [-0.2, -0.15) is 0 Å². The van der Waals surface area contributed by atoms with Gasteiger partial charge in [0.05, 0.1) is 0 Å². The van der Waals surface area contributed by atoms with E-state index < -0.39 is 11.9 Å². The highest BCUT2D eigenvalue weighted by Crippen LogP contribution is 2.23. The van der Waals surface area contributed by atoms with Crippen molar-refractivity contribution in [2.24, 2.45) is 0 Å². The molecule has 0 atom stereocenters. The third-order valence-electron chi connectivity index (χ3n) is 6.07. The van der Waals surface area contributed by atoms with Crippen LogP contribution in [0.25, 0.3) is 0 Å². The minimum atomic E-state index is -0.685. The summed E-state index contributed by atoms with van der Waals surface area (Å²) in [6.07, 6.45) is 16.0. The molecule has 1 aromatic carbocycles. The SMILES string of the molecule is CC(C)c1ccc(CCCCCCCCC(=O)O)c(CCCCCCCCC(=O)O)c1. The summed E-state index contributed by atoms with van der Waals surface area (Å²) in [7, 11) is 0. The minimum absolute atomic E-state index is 0.299. The molecule has 0 aliphatic heterocycles. The number of carboxylic acid groups (broad SMARTS) is 2. The molecule has 4 heteroatoms. The quantitative estimate of drug-likeness (QED) is 0.222. The lowest BCUT2D eigenvalue weighted by molar-refractivity contribution is -0.138. The highest BCUT2D eigenvalue weighted by atomic mass is 16.4. The molecule has 31 heavy (non-hydrogen) atoms. The number of aryl methyl sites for hydroxylation is 2. The number of rotatable bonds is 19. The normalized spacial score (nSPS) is 11.2. The first-order valence-corrected chi connectivity index (χ1v) is 12.5. The van der Waals surface area contributed by atoms with Crippen LogP contribution in [-0.4, -0.2) is 22.2 Å². The molecule has 0 bridgehead atoms. The molecule has 0 aromatic heterocycles. The molecule has 1 aromatic rings. The van der Waals surface area contributed by atoms with Gasteiger partial charge in [0.2, 0.25) is 0 Å². The number of benzene rings is 1. The Kier molecular flexibility index (Phi) is 14.7. The molecule has 4 nitrogen and oxygen atoms in total. The molecule has 1 rings (SSSR count). The van der Waals surface area contributed by atoms with Crippen LogP contribution in [0.1, 0.15) is 126 Å². The number of hydrogen-bond donors (Lipinski definition) is 2. The van der Waals surface area contributed by atoms with E-state index in [1.54, 1.807) is 0 Å². The molecule has 0 fully saturated rings. The smallest absolute Gasteiger partial charge is 0.303 e. The van der Waals surface area contributed by atoms with Crippen molar-refractivity contribution in [2.75, 3.05) is 0 Å². The van der Waals surface area contributed by atoms with E-state index in [2.05, 4.69) is 32.0 Å². The lowest BCUT2D eigenvalue weighted by Crippen LogP contribution is -1.99. The second-order valence-corrected chi connectivity index (χ2v) is 9.21. The molecule has 2 N–H and O–H groups in total. The number of hydrogen-bond acceptors (Lipinski definition) is 2. The molecule has 0 saturated carbocycles. The van der Waals surface area contributed by atoms with Crippen molar-refractivity contribution in [3.8, 4) is 0 Å². The Labute approximate surface area is 189 Å². The van der Waals surface area contributed by atoms with Crippen LogP contribution in [0.15, 0.2) is 18.2 Å². The van der Waals surface area contributed by atoms with Crippen LogP contribution in [0.2, 0.25) is 0 Å². The van der Waals surface area contributed by atoms with Crippen LogP contribution in [0.4, 0.5) is 0 Å². The highest BCUT2D eigenvalue weighted by molar-refractivity contribution is 5.66. The summed E-state index contributed by atoms with van der Waals surface area (Å²) in [4.78, 5) is 21.1. The zero-order chi connectivity index (χ0) is 22.9. The van der Waals surface area contributed by atoms with Crippen molar-refractivity contribution in [3.63, 3.8) is 0 Å². The summed E-state index contributed by atoms with van der Waals surface area (Å²) in [6.45, 7) is 4.50. The van der Waals surface area contributed by atoms with Gasteiger partial charge in [0.25, 0.3) is 0 Å². The topological polar surface area (TPSA) is 74.6 Å². The van der Waals surface area contributed by atoms with E-state index in [1.165, 1.54) is 55.2 Å². The van der Waals surface area contributed by atoms with Gasteiger partial charge in [-0.05, 0) is 61.1 Å².